The van der Waals surface area contributed by atoms with Gasteiger partial charge in [0.15, 0.2) is 0 Å². The predicted molar refractivity (Wildman–Crippen MR) is 66.9 cm³/mol. The maximum Gasteiger partial charge on any atom is 0.315 e. The number of hydrogen-bond acceptors (Lipinski definition) is 2. The average Bonchev–Trinajstić information content (AvgIpc) is 2.76. The van der Waals surface area contributed by atoms with Crippen LogP contribution in [0.4, 0.5) is 4.79 Å². The lowest BCUT2D eigenvalue weighted by Gasteiger charge is -2.51. The van der Waals surface area contributed by atoms with E-state index in [-0.39, 0.29) is 23.6 Å². The van der Waals surface area contributed by atoms with Gasteiger partial charge in [-0.15, -0.1) is 0 Å². The molecule has 2 rings (SSSR count). The standard InChI is InChI=1S/C13H24N2O2/c1-13(2)10(8-11(13)17-3)15-12(16)14-9-6-4-5-7-9/h9-11H,4-8H2,1-3H3,(H2,14,15,16). The fraction of sp³-hybridized carbons (Fsp3) is 0.923. The summed E-state index contributed by atoms with van der Waals surface area (Å²) in [6.45, 7) is 4.29. The van der Waals surface area contributed by atoms with E-state index in [1.165, 1.54) is 12.8 Å². The van der Waals surface area contributed by atoms with Crippen LogP contribution in [0.2, 0.25) is 0 Å². The monoisotopic (exact) mass is 240 g/mol. The van der Waals surface area contributed by atoms with Gasteiger partial charge in [0, 0.05) is 24.6 Å². The molecule has 4 nitrogen and oxygen atoms in total. The van der Waals surface area contributed by atoms with Gasteiger partial charge >= 0.3 is 6.03 Å². The topological polar surface area (TPSA) is 50.4 Å². The summed E-state index contributed by atoms with van der Waals surface area (Å²) in [4.78, 5) is 11.8. The van der Waals surface area contributed by atoms with Crippen molar-refractivity contribution in [3.05, 3.63) is 0 Å². The van der Waals surface area contributed by atoms with Gasteiger partial charge in [0.25, 0.3) is 0 Å². The number of rotatable bonds is 3. The molecular formula is C13H24N2O2. The van der Waals surface area contributed by atoms with Crippen molar-refractivity contribution >= 4 is 6.03 Å². The van der Waals surface area contributed by atoms with Crippen molar-refractivity contribution < 1.29 is 9.53 Å². The first kappa shape index (κ1) is 12.7. The molecule has 0 bridgehead atoms. The molecule has 98 valence electrons. The quantitative estimate of drug-likeness (QED) is 0.793. The highest BCUT2D eigenvalue weighted by molar-refractivity contribution is 5.74. The molecule has 2 N–H and O–H groups in total. The fourth-order valence-corrected chi connectivity index (χ4v) is 2.99. The number of ether oxygens (including phenoxy) is 1. The van der Waals surface area contributed by atoms with E-state index < -0.39 is 0 Å². The molecule has 0 aromatic carbocycles. The van der Waals surface area contributed by atoms with Gasteiger partial charge < -0.3 is 15.4 Å². The van der Waals surface area contributed by atoms with Gasteiger partial charge in [0.05, 0.1) is 6.10 Å². The molecule has 2 atom stereocenters. The number of amides is 2. The largest absolute Gasteiger partial charge is 0.381 e. The highest BCUT2D eigenvalue weighted by Gasteiger charge is 2.49. The highest BCUT2D eigenvalue weighted by atomic mass is 16.5. The normalized spacial score (nSPS) is 31.9. The van der Waals surface area contributed by atoms with E-state index in [0.717, 1.165) is 19.3 Å². The molecule has 2 saturated carbocycles. The first-order chi connectivity index (χ1) is 8.04. The molecule has 0 aromatic heterocycles. The van der Waals surface area contributed by atoms with E-state index in [4.69, 9.17) is 4.74 Å². The second-order valence-corrected chi connectivity index (χ2v) is 5.93. The molecule has 0 aromatic rings. The van der Waals surface area contributed by atoms with Crippen LogP contribution in [0.1, 0.15) is 46.0 Å². The second kappa shape index (κ2) is 4.84. The van der Waals surface area contributed by atoms with E-state index in [1.807, 2.05) is 0 Å². The molecule has 0 spiro atoms. The van der Waals surface area contributed by atoms with Crippen molar-refractivity contribution in [2.75, 3.05) is 7.11 Å². The molecule has 2 amide bonds. The van der Waals surface area contributed by atoms with Crippen LogP contribution in [0.15, 0.2) is 0 Å². The van der Waals surface area contributed by atoms with E-state index in [2.05, 4.69) is 24.5 Å². The summed E-state index contributed by atoms with van der Waals surface area (Å²) in [5.41, 5.74) is 0.0434. The van der Waals surface area contributed by atoms with Crippen molar-refractivity contribution in [3.8, 4) is 0 Å². The molecule has 0 saturated heterocycles. The zero-order chi connectivity index (χ0) is 12.5. The molecule has 0 aliphatic heterocycles. The molecule has 17 heavy (non-hydrogen) atoms. The summed E-state index contributed by atoms with van der Waals surface area (Å²) in [5.74, 6) is 0. The number of nitrogens with one attached hydrogen (secondary N) is 2. The minimum atomic E-state index is -0.00970. The number of urea groups is 1. The highest BCUT2D eigenvalue weighted by Crippen LogP contribution is 2.42. The first-order valence-corrected chi connectivity index (χ1v) is 6.64. The van der Waals surface area contributed by atoms with Gasteiger partial charge in [0.1, 0.15) is 0 Å². The maximum absolute atomic E-state index is 11.8. The van der Waals surface area contributed by atoms with E-state index in [1.54, 1.807) is 7.11 Å². The number of methoxy groups -OCH3 is 1. The Morgan fingerprint density at radius 3 is 2.41 bits per heavy atom. The predicted octanol–water partition coefficient (Wildman–Crippen LogP) is 2.04. The third kappa shape index (κ3) is 2.57. The summed E-state index contributed by atoms with van der Waals surface area (Å²) in [7, 11) is 1.74. The summed E-state index contributed by atoms with van der Waals surface area (Å²) in [6.07, 6.45) is 5.92. The van der Waals surface area contributed by atoms with Crippen LogP contribution in [-0.4, -0.2) is 31.3 Å². The van der Waals surface area contributed by atoms with Crippen LogP contribution < -0.4 is 10.6 Å². The van der Waals surface area contributed by atoms with Gasteiger partial charge in [-0.1, -0.05) is 26.7 Å². The Balaban J connectivity index is 1.76. The first-order valence-electron chi connectivity index (χ1n) is 6.64. The van der Waals surface area contributed by atoms with Gasteiger partial charge in [0.2, 0.25) is 0 Å². The lowest BCUT2D eigenvalue weighted by atomic mass is 9.64. The summed E-state index contributed by atoms with van der Waals surface area (Å²) in [6, 6.07) is 0.606. The van der Waals surface area contributed by atoms with Crippen LogP contribution in [0.3, 0.4) is 0 Å². The maximum atomic E-state index is 11.8. The number of carbonyl (C=O) groups is 1. The van der Waals surface area contributed by atoms with Gasteiger partial charge in [-0.2, -0.15) is 0 Å². The average molecular weight is 240 g/mol. The van der Waals surface area contributed by atoms with Gasteiger partial charge in [-0.05, 0) is 19.3 Å². The summed E-state index contributed by atoms with van der Waals surface area (Å²) < 4.78 is 5.37. The minimum Gasteiger partial charge on any atom is -0.381 e. The molecule has 2 fully saturated rings. The Bertz CT molecular complexity index is 285. The lowest BCUT2D eigenvalue weighted by molar-refractivity contribution is -0.0935. The van der Waals surface area contributed by atoms with Crippen molar-refractivity contribution in [1.29, 1.82) is 0 Å². The van der Waals surface area contributed by atoms with Crippen molar-refractivity contribution in [1.82, 2.24) is 10.6 Å². The Kier molecular flexibility index (Phi) is 3.61. The zero-order valence-corrected chi connectivity index (χ0v) is 11.1. The Morgan fingerprint density at radius 1 is 1.24 bits per heavy atom. The summed E-state index contributed by atoms with van der Waals surface area (Å²) >= 11 is 0. The molecule has 0 heterocycles. The second-order valence-electron chi connectivity index (χ2n) is 5.93. The molecule has 4 heteroatoms. The SMILES string of the molecule is COC1CC(NC(=O)NC2CCCC2)C1(C)C. The van der Waals surface area contributed by atoms with E-state index in [0.29, 0.717) is 6.04 Å². The van der Waals surface area contributed by atoms with Crippen LogP contribution in [0.5, 0.6) is 0 Å². The Morgan fingerprint density at radius 2 is 1.88 bits per heavy atom. The fourth-order valence-electron chi connectivity index (χ4n) is 2.99. The third-order valence-electron chi connectivity index (χ3n) is 4.46. The van der Waals surface area contributed by atoms with Crippen molar-refractivity contribution in [2.45, 2.75) is 64.1 Å². The van der Waals surface area contributed by atoms with Crippen molar-refractivity contribution in [2.24, 2.45) is 5.41 Å². The van der Waals surface area contributed by atoms with Gasteiger partial charge in [-0.3, -0.25) is 0 Å². The molecule has 0 radical (unpaired) electrons. The summed E-state index contributed by atoms with van der Waals surface area (Å²) in [5, 5.41) is 6.13. The van der Waals surface area contributed by atoms with Crippen LogP contribution in [-0.2, 0) is 4.74 Å². The Hall–Kier alpha value is -0.770. The zero-order valence-electron chi connectivity index (χ0n) is 11.1. The van der Waals surface area contributed by atoms with E-state index in [9.17, 15) is 4.79 Å². The molecule has 2 unspecified atom stereocenters. The molecule has 2 aliphatic carbocycles. The number of hydrogen-bond donors (Lipinski definition) is 2. The van der Waals surface area contributed by atoms with Gasteiger partial charge in [-0.25, -0.2) is 4.79 Å². The third-order valence-corrected chi connectivity index (χ3v) is 4.46. The smallest absolute Gasteiger partial charge is 0.315 e. The van der Waals surface area contributed by atoms with E-state index >= 15 is 0 Å². The van der Waals surface area contributed by atoms with Crippen LogP contribution in [0, 0.1) is 5.41 Å². The van der Waals surface area contributed by atoms with Crippen LogP contribution >= 0.6 is 0 Å². The Labute approximate surface area is 103 Å². The molecular weight excluding hydrogens is 216 g/mol. The number of carbonyl (C=O) groups excluding carboxylic acids is 1. The lowest BCUT2D eigenvalue weighted by Crippen LogP contribution is -2.63. The van der Waals surface area contributed by atoms with Crippen molar-refractivity contribution in [3.63, 3.8) is 0 Å². The minimum absolute atomic E-state index is 0.00970. The molecule has 2 aliphatic rings. The van der Waals surface area contributed by atoms with Crippen LogP contribution in [0.25, 0.3) is 0 Å².